The molecular weight excluding hydrogens is 346 g/mol. The summed E-state index contributed by atoms with van der Waals surface area (Å²) in [6.07, 6.45) is 7.02. The molecule has 0 saturated heterocycles. The first-order valence-corrected chi connectivity index (χ1v) is 9.41. The zero-order valence-corrected chi connectivity index (χ0v) is 15.5. The highest BCUT2D eigenvalue weighted by Gasteiger charge is 2.34. The van der Waals surface area contributed by atoms with Gasteiger partial charge in [0.25, 0.3) is 5.91 Å². The maximum Gasteiger partial charge on any atom is 0.271 e. The Morgan fingerprint density at radius 1 is 1.31 bits per heavy atom. The van der Waals surface area contributed by atoms with Gasteiger partial charge in [-0.05, 0) is 30.4 Å². The predicted octanol–water partition coefficient (Wildman–Crippen LogP) is 3.44. The average Bonchev–Trinajstić information content (AvgIpc) is 3.16. The third-order valence-electron chi connectivity index (χ3n) is 4.57. The number of nitrogens with one attached hydrogen (secondary N) is 1. The van der Waals surface area contributed by atoms with Crippen LogP contribution in [0.4, 0.5) is 0 Å². The Hall–Kier alpha value is -2.67. The summed E-state index contributed by atoms with van der Waals surface area (Å²) in [5.74, 6) is 0.510. The quantitative estimate of drug-likeness (QED) is 0.769. The number of carbonyl (C=O) groups is 1. The molecule has 0 saturated carbocycles. The molecule has 1 N–H and O–H groups in total. The molecule has 7 heteroatoms. The van der Waals surface area contributed by atoms with Crippen LogP contribution in [0.1, 0.15) is 48.1 Å². The van der Waals surface area contributed by atoms with Crippen molar-refractivity contribution in [1.82, 2.24) is 25.3 Å². The number of hydrogen-bond acceptors (Lipinski definition) is 6. The smallest absolute Gasteiger partial charge is 0.271 e. The number of amides is 1. The van der Waals surface area contributed by atoms with E-state index in [1.807, 2.05) is 18.3 Å². The van der Waals surface area contributed by atoms with E-state index < -0.39 is 0 Å². The normalized spacial score (nSPS) is 18.2. The molecule has 4 rings (SSSR count). The molecule has 0 fully saturated rings. The van der Waals surface area contributed by atoms with Gasteiger partial charge in [-0.2, -0.15) is 0 Å². The molecule has 0 unspecified atom stereocenters. The van der Waals surface area contributed by atoms with E-state index in [4.69, 9.17) is 4.98 Å². The van der Waals surface area contributed by atoms with Crippen molar-refractivity contribution in [2.45, 2.75) is 32.7 Å². The molecule has 132 valence electrons. The first kappa shape index (κ1) is 16.8. The molecule has 3 heterocycles. The van der Waals surface area contributed by atoms with Crippen molar-refractivity contribution in [1.29, 1.82) is 0 Å². The van der Waals surface area contributed by atoms with Crippen LogP contribution in [0.5, 0.6) is 0 Å². The Morgan fingerprint density at radius 2 is 2.19 bits per heavy atom. The van der Waals surface area contributed by atoms with Crippen LogP contribution in [0.2, 0.25) is 0 Å². The van der Waals surface area contributed by atoms with Gasteiger partial charge in [0.2, 0.25) is 0 Å². The van der Waals surface area contributed by atoms with Crippen molar-refractivity contribution in [2.24, 2.45) is 5.41 Å². The van der Waals surface area contributed by atoms with Crippen LogP contribution < -0.4 is 5.32 Å². The van der Waals surface area contributed by atoms with E-state index in [9.17, 15) is 4.79 Å². The summed E-state index contributed by atoms with van der Waals surface area (Å²) in [4.78, 5) is 30.0. The number of pyridine rings is 1. The molecule has 1 aliphatic carbocycles. The van der Waals surface area contributed by atoms with E-state index in [1.165, 1.54) is 11.3 Å². The van der Waals surface area contributed by atoms with Crippen molar-refractivity contribution in [3.05, 3.63) is 58.6 Å². The van der Waals surface area contributed by atoms with E-state index in [-0.39, 0.29) is 17.4 Å². The molecule has 3 aromatic rings. The fourth-order valence-electron chi connectivity index (χ4n) is 3.37. The van der Waals surface area contributed by atoms with E-state index in [0.717, 1.165) is 29.7 Å². The molecular formula is C19H19N5OS. The SMILES string of the molecule is CC1(C)Cc2nc(-c3cccnc3)ncc2[C@@H](NC(=O)c2cscn2)C1. The monoisotopic (exact) mass is 365 g/mol. The molecule has 1 amide bonds. The van der Waals surface area contributed by atoms with Crippen molar-refractivity contribution in [3.63, 3.8) is 0 Å². The maximum absolute atomic E-state index is 12.5. The standard InChI is InChI=1S/C19H19N5OS/c1-19(2)6-14-13(9-21-17(23-14)12-4-3-5-20-8-12)15(7-19)24-18(25)16-10-26-11-22-16/h3-5,8-11,15H,6-7H2,1-2H3,(H,24,25)/t15-/m0/s1. The summed E-state index contributed by atoms with van der Waals surface area (Å²) in [7, 11) is 0. The minimum Gasteiger partial charge on any atom is -0.344 e. The lowest BCUT2D eigenvalue weighted by atomic mass is 9.74. The van der Waals surface area contributed by atoms with Crippen molar-refractivity contribution < 1.29 is 4.79 Å². The second-order valence-corrected chi connectivity index (χ2v) is 8.00. The zero-order valence-electron chi connectivity index (χ0n) is 14.6. The summed E-state index contributed by atoms with van der Waals surface area (Å²) in [6, 6.07) is 3.70. The molecule has 6 nitrogen and oxygen atoms in total. The number of thiazole rings is 1. The van der Waals surface area contributed by atoms with Gasteiger partial charge in [-0.1, -0.05) is 13.8 Å². The van der Waals surface area contributed by atoms with Gasteiger partial charge in [-0.3, -0.25) is 9.78 Å². The van der Waals surface area contributed by atoms with E-state index in [1.54, 1.807) is 23.3 Å². The molecule has 0 aromatic carbocycles. The fourth-order valence-corrected chi connectivity index (χ4v) is 3.90. The number of nitrogens with zero attached hydrogens (tertiary/aromatic N) is 4. The minimum atomic E-state index is -0.156. The van der Waals surface area contributed by atoms with Gasteiger partial charge in [0.05, 0.1) is 17.2 Å². The summed E-state index contributed by atoms with van der Waals surface area (Å²) in [6.45, 7) is 4.40. The topological polar surface area (TPSA) is 80.7 Å². The molecule has 0 radical (unpaired) electrons. The summed E-state index contributed by atoms with van der Waals surface area (Å²) >= 11 is 1.41. The largest absolute Gasteiger partial charge is 0.344 e. The number of hydrogen-bond donors (Lipinski definition) is 1. The van der Waals surface area contributed by atoms with Crippen molar-refractivity contribution >= 4 is 17.2 Å². The number of rotatable bonds is 3. The molecule has 3 aromatic heterocycles. The molecule has 1 aliphatic rings. The summed E-state index contributed by atoms with van der Waals surface area (Å²) < 4.78 is 0. The van der Waals surface area contributed by atoms with Gasteiger partial charge in [0, 0.05) is 35.1 Å². The first-order valence-electron chi connectivity index (χ1n) is 8.47. The van der Waals surface area contributed by atoms with Gasteiger partial charge in [0.1, 0.15) is 5.69 Å². The van der Waals surface area contributed by atoms with Crippen LogP contribution in [0.25, 0.3) is 11.4 Å². The first-order chi connectivity index (χ1) is 12.5. The van der Waals surface area contributed by atoms with Crippen LogP contribution in [-0.2, 0) is 6.42 Å². The second-order valence-electron chi connectivity index (χ2n) is 7.28. The maximum atomic E-state index is 12.5. The highest BCUT2D eigenvalue weighted by molar-refractivity contribution is 7.07. The predicted molar refractivity (Wildman–Crippen MR) is 99.7 cm³/mol. The van der Waals surface area contributed by atoms with Gasteiger partial charge in [-0.25, -0.2) is 15.0 Å². The number of aromatic nitrogens is 4. The molecule has 1 atom stereocenters. The highest BCUT2D eigenvalue weighted by Crippen LogP contribution is 2.40. The van der Waals surface area contributed by atoms with Crippen molar-refractivity contribution in [2.75, 3.05) is 0 Å². The summed E-state index contributed by atoms with van der Waals surface area (Å²) in [5, 5.41) is 4.86. The number of carbonyl (C=O) groups excluding carboxylic acids is 1. The second kappa shape index (κ2) is 6.57. The summed E-state index contributed by atoms with van der Waals surface area (Å²) in [5.41, 5.74) is 5.01. The lowest BCUT2D eigenvalue weighted by molar-refractivity contribution is 0.0914. The number of fused-ring (bicyclic) bond motifs is 1. The molecule has 0 bridgehead atoms. The lowest BCUT2D eigenvalue weighted by Crippen LogP contribution is -2.37. The third-order valence-corrected chi connectivity index (χ3v) is 5.15. The Kier molecular flexibility index (Phi) is 4.24. The van der Waals surface area contributed by atoms with Crippen LogP contribution in [0, 0.1) is 5.41 Å². The Labute approximate surface area is 155 Å². The average molecular weight is 365 g/mol. The van der Waals surface area contributed by atoms with Gasteiger partial charge in [-0.15, -0.1) is 11.3 Å². The molecule has 26 heavy (non-hydrogen) atoms. The molecule has 0 aliphatic heterocycles. The van der Waals surface area contributed by atoms with Crippen molar-refractivity contribution in [3.8, 4) is 11.4 Å². The Morgan fingerprint density at radius 3 is 2.92 bits per heavy atom. The van der Waals surface area contributed by atoms with E-state index in [0.29, 0.717) is 11.5 Å². The molecule has 0 spiro atoms. The van der Waals surface area contributed by atoms with Gasteiger partial charge in [0.15, 0.2) is 5.82 Å². The van der Waals surface area contributed by atoms with Gasteiger partial charge >= 0.3 is 0 Å². The van der Waals surface area contributed by atoms with Gasteiger partial charge < -0.3 is 5.32 Å². The van der Waals surface area contributed by atoms with Crippen LogP contribution in [0.15, 0.2) is 41.6 Å². The highest BCUT2D eigenvalue weighted by atomic mass is 32.1. The van der Waals surface area contributed by atoms with Crippen LogP contribution >= 0.6 is 11.3 Å². The zero-order chi connectivity index (χ0) is 18.1. The Bertz CT molecular complexity index is 924. The fraction of sp³-hybridized carbons (Fsp3) is 0.316. The lowest BCUT2D eigenvalue weighted by Gasteiger charge is -2.36. The Balaban J connectivity index is 1.67. The minimum absolute atomic E-state index is 0.0353. The van der Waals surface area contributed by atoms with E-state index >= 15 is 0 Å². The van der Waals surface area contributed by atoms with E-state index in [2.05, 4.69) is 34.1 Å². The van der Waals surface area contributed by atoms with Crippen LogP contribution in [-0.4, -0.2) is 25.8 Å². The third kappa shape index (κ3) is 3.35. The van der Waals surface area contributed by atoms with Crippen LogP contribution in [0.3, 0.4) is 0 Å².